The van der Waals surface area contributed by atoms with Gasteiger partial charge in [-0.25, -0.2) is 8.42 Å². The van der Waals surface area contributed by atoms with E-state index in [1.165, 1.54) is 0 Å². The monoisotopic (exact) mass is 399 g/mol. The number of rotatable bonds is 8. The first-order valence-corrected chi connectivity index (χ1v) is 10.8. The van der Waals surface area contributed by atoms with Crippen molar-refractivity contribution in [3.05, 3.63) is 53.6 Å². The summed E-state index contributed by atoms with van der Waals surface area (Å²) < 4.78 is 30.7. The molecule has 0 bridgehead atoms. The van der Waals surface area contributed by atoms with Crippen molar-refractivity contribution in [1.82, 2.24) is 0 Å². The molecule has 0 spiro atoms. The number of hydrogen-bond donors (Lipinski definition) is 1. The Morgan fingerprint density at radius 2 is 1.89 bits per heavy atom. The Morgan fingerprint density at radius 3 is 2.43 bits per heavy atom. The van der Waals surface area contributed by atoms with Crippen molar-refractivity contribution < 1.29 is 13.2 Å². The molecule has 1 N–H and O–H groups in total. The van der Waals surface area contributed by atoms with Crippen molar-refractivity contribution in [2.24, 2.45) is 0 Å². The molecule has 0 amide bonds. The van der Waals surface area contributed by atoms with E-state index in [1.54, 1.807) is 30.3 Å². The van der Waals surface area contributed by atoms with Crippen LogP contribution in [0.3, 0.4) is 0 Å². The standard InChI is InChI=1S/C21H25N3O3S/c1-5-24(3)21-14-19(27-6-2)11-12-20(21)17(15-22)13-16-7-9-18(10-8-16)23-28(4,25)26/h7-14,23H,5-6H2,1-4H3/b17-13+. The van der Waals surface area contributed by atoms with Gasteiger partial charge < -0.3 is 9.64 Å². The molecule has 6 nitrogen and oxygen atoms in total. The van der Waals surface area contributed by atoms with Crippen LogP contribution in [0.1, 0.15) is 25.0 Å². The summed E-state index contributed by atoms with van der Waals surface area (Å²) >= 11 is 0. The maximum absolute atomic E-state index is 11.3. The van der Waals surface area contributed by atoms with E-state index >= 15 is 0 Å². The molecule has 2 aromatic rings. The van der Waals surface area contributed by atoms with Crippen LogP contribution in [0.5, 0.6) is 5.75 Å². The molecule has 148 valence electrons. The Balaban J connectivity index is 2.42. The van der Waals surface area contributed by atoms with Gasteiger partial charge in [-0.1, -0.05) is 12.1 Å². The number of sulfonamides is 1. The third-order valence-electron chi connectivity index (χ3n) is 4.10. The molecular weight excluding hydrogens is 374 g/mol. The first-order valence-electron chi connectivity index (χ1n) is 8.95. The fourth-order valence-electron chi connectivity index (χ4n) is 2.68. The van der Waals surface area contributed by atoms with Crippen LogP contribution in [-0.4, -0.2) is 34.9 Å². The highest BCUT2D eigenvalue weighted by atomic mass is 32.2. The predicted molar refractivity (Wildman–Crippen MR) is 115 cm³/mol. The van der Waals surface area contributed by atoms with Gasteiger partial charge >= 0.3 is 0 Å². The molecule has 0 aliphatic heterocycles. The number of nitrogens with zero attached hydrogens (tertiary/aromatic N) is 2. The zero-order valence-electron chi connectivity index (χ0n) is 16.6. The summed E-state index contributed by atoms with van der Waals surface area (Å²) in [5.74, 6) is 0.759. The first-order chi connectivity index (χ1) is 13.3. The van der Waals surface area contributed by atoms with E-state index in [2.05, 4.69) is 15.7 Å². The zero-order chi connectivity index (χ0) is 20.7. The lowest BCUT2D eigenvalue weighted by Gasteiger charge is -2.21. The van der Waals surface area contributed by atoms with Gasteiger partial charge in [-0.2, -0.15) is 5.26 Å². The molecule has 7 heteroatoms. The van der Waals surface area contributed by atoms with E-state index in [0.717, 1.165) is 35.4 Å². The molecule has 0 aliphatic rings. The molecule has 0 atom stereocenters. The molecular formula is C21H25N3O3S. The van der Waals surface area contributed by atoms with Crippen LogP contribution in [0, 0.1) is 11.3 Å². The first kappa shape index (κ1) is 21.3. The van der Waals surface area contributed by atoms with Gasteiger partial charge in [-0.05, 0) is 49.8 Å². The zero-order valence-corrected chi connectivity index (χ0v) is 17.4. The van der Waals surface area contributed by atoms with E-state index in [4.69, 9.17) is 4.74 Å². The number of hydrogen-bond acceptors (Lipinski definition) is 5. The molecule has 0 unspecified atom stereocenters. The van der Waals surface area contributed by atoms with E-state index in [9.17, 15) is 13.7 Å². The highest BCUT2D eigenvalue weighted by Crippen LogP contribution is 2.32. The molecule has 0 aromatic heterocycles. The summed E-state index contributed by atoms with van der Waals surface area (Å²) in [5.41, 5.74) is 3.52. The maximum atomic E-state index is 11.3. The van der Waals surface area contributed by atoms with Crippen molar-refractivity contribution in [3.8, 4) is 11.8 Å². The van der Waals surface area contributed by atoms with Gasteiger partial charge in [-0.3, -0.25) is 4.72 Å². The Kier molecular flexibility index (Phi) is 7.07. The van der Waals surface area contributed by atoms with Gasteiger partial charge in [0.05, 0.1) is 24.5 Å². The molecule has 0 fully saturated rings. The lowest BCUT2D eigenvalue weighted by molar-refractivity contribution is 0.340. The molecule has 28 heavy (non-hydrogen) atoms. The molecule has 0 saturated carbocycles. The second-order valence-electron chi connectivity index (χ2n) is 6.29. The van der Waals surface area contributed by atoms with Gasteiger partial charge in [0, 0.05) is 36.6 Å². The van der Waals surface area contributed by atoms with Crippen molar-refractivity contribution >= 4 is 33.0 Å². The van der Waals surface area contributed by atoms with Crippen LogP contribution >= 0.6 is 0 Å². The van der Waals surface area contributed by atoms with Crippen molar-refractivity contribution in [1.29, 1.82) is 5.26 Å². The van der Waals surface area contributed by atoms with Gasteiger partial charge in [0.15, 0.2) is 0 Å². The normalized spacial score (nSPS) is 11.6. The molecule has 2 rings (SSSR count). The SMILES string of the molecule is CCOc1ccc(/C(C#N)=C/c2ccc(NS(C)(=O)=O)cc2)c(N(C)CC)c1. The summed E-state index contributed by atoms with van der Waals surface area (Å²) in [4.78, 5) is 2.06. The van der Waals surface area contributed by atoms with Crippen LogP contribution in [0.2, 0.25) is 0 Å². The Bertz CT molecular complexity index is 991. The smallest absolute Gasteiger partial charge is 0.229 e. The van der Waals surface area contributed by atoms with Crippen LogP contribution in [0.4, 0.5) is 11.4 Å². The second kappa shape index (κ2) is 9.29. The second-order valence-corrected chi connectivity index (χ2v) is 8.04. The molecule has 2 aromatic carbocycles. The lowest BCUT2D eigenvalue weighted by atomic mass is 10.0. The maximum Gasteiger partial charge on any atom is 0.229 e. The minimum absolute atomic E-state index is 0.477. The third kappa shape index (κ3) is 5.76. The van der Waals surface area contributed by atoms with Gasteiger partial charge in [0.2, 0.25) is 10.0 Å². The number of ether oxygens (including phenoxy) is 1. The Morgan fingerprint density at radius 1 is 1.21 bits per heavy atom. The van der Waals surface area contributed by atoms with Crippen LogP contribution < -0.4 is 14.4 Å². The summed E-state index contributed by atoms with van der Waals surface area (Å²) in [7, 11) is -1.36. The van der Waals surface area contributed by atoms with Crippen molar-refractivity contribution in [2.75, 3.05) is 36.1 Å². The highest BCUT2D eigenvalue weighted by molar-refractivity contribution is 7.92. The fourth-order valence-corrected chi connectivity index (χ4v) is 3.24. The summed E-state index contributed by atoms with van der Waals surface area (Å²) in [5, 5.41) is 9.74. The highest BCUT2D eigenvalue weighted by Gasteiger charge is 2.13. The predicted octanol–water partition coefficient (Wildman–Crippen LogP) is 3.98. The summed E-state index contributed by atoms with van der Waals surface area (Å²) in [6.45, 7) is 5.33. The fraction of sp³-hybridized carbons (Fsp3) is 0.286. The quantitative estimate of drug-likeness (QED) is 0.536. The summed E-state index contributed by atoms with van der Waals surface area (Å²) in [6.07, 6.45) is 2.89. The van der Waals surface area contributed by atoms with Gasteiger partial charge in [0.1, 0.15) is 5.75 Å². The van der Waals surface area contributed by atoms with Crippen molar-refractivity contribution in [3.63, 3.8) is 0 Å². The lowest BCUT2D eigenvalue weighted by Crippen LogP contribution is -2.17. The van der Waals surface area contributed by atoms with E-state index < -0.39 is 10.0 Å². The van der Waals surface area contributed by atoms with Crippen LogP contribution in [0.15, 0.2) is 42.5 Å². The third-order valence-corrected chi connectivity index (χ3v) is 4.71. The number of benzene rings is 2. The minimum Gasteiger partial charge on any atom is -0.494 e. The summed E-state index contributed by atoms with van der Waals surface area (Å²) in [6, 6.07) is 14.8. The Labute approximate surface area is 167 Å². The van der Waals surface area contributed by atoms with Crippen molar-refractivity contribution in [2.45, 2.75) is 13.8 Å². The van der Waals surface area contributed by atoms with Crippen LogP contribution in [-0.2, 0) is 10.0 Å². The molecule has 0 saturated heterocycles. The van der Waals surface area contributed by atoms with Crippen LogP contribution in [0.25, 0.3) is 11.6 Å². The largest absolute Gasteiger partial charge is 0.494 e. The van der Waals surface area contributed by atoms with Gasteiger partial charge in [0.25, 0.3) is 0 Å². The number of anilines is 2. The van der Waals surface area contributed by atoms with Gasteiger partial charge in [-0.15, -0.1) is 0 Å². The molecule has 0 heterocycles. The van der Waals surface area contributed by atoms with E-state index in [0.29, 0.717) is 17.9 Å². The molecule has 0 aliphatic carbocycles. The average molecular weight is 400 g/mol. The van der Waals surface area contributed by atoms with E-state index in [-0.39, 0.29) is 0 Å². The number of nitrogens with one attached hydrogen (secondary N) is 1. The van der Waals surface area contributed by atoms with E-state index in [1.807, 2.05) is 39.1 Å². The topological polar surface area (TPSA) is 82.4 Å². The average Bonchev–Trinajstić information content (AvgIpc) is 2.66. The molecule has 0 radical (unpaired) electrons. The minimum atomic E-state index is -3.32. The number of nitriles is 1. The number of allylic oxidation sites excluding steroid dienone is 1. The Hall–Kier alpha value is -2.98.